The minimum atomic E-state index is -1.86. The van der Waals surface area contributed by atoms with Crippen LogP contribution in [0.1, 0.15) is 66.9 Å². The van der Waals surface area contributed by atoms with E-state index in [1.807, 2.05) is 0 Å². The number of allylic oxidation sites excluding steroid dienone is 5. The SMILES string of the molecule is CCCc1ccc(C2=C[CH]([Zr]([CH]3C(C)=C(C)C(C)=C3C)=[Si](C)C)c3ccccc32)cc1. The molecule has 0 saturated carbocycles. The number of benzene rings is 2. The topological polar surface area (TPSA) is 0 Å². The van der Waals surface area contributed by atoms with Crippen molar-refractivity contribution in [2.75, 3.05) is 0 Å². The van der Waals surface area contributed by atoms with Gasteiger partial charge < -0.3 is 0 Å². The van der Waals surface area contributed by atoms with Gasteiger partial charge in [0.15, 0.2) is 0 Å². The van der Waals surface area contributed by atoms with E-state index >= 15 is 0 Å². The Balaban J connectivity index is 1.83. The van der Waals surface area contributed by atoms with Crippen molar-refractivity contribution in [3.05, 3.63) is 99.2 Å². The zero-order valence-electron chi connectivity index (χ0n) is 20.3. The van der Waals surface area contributed by atoms with E-state index < -0.39 is 20.4 Å². The van der Waals surface area contributed by atoms with Crippen LogP contribution in [0.2, 0.25) is 16.7 Å². The Morgan fingerprint density at radius 3 is 2.03 bits per heavy atom. The van der Waals surface area contributed by atoms with Gasteiger partial charge in [-0.25, -0.2) is 0 Å². The molecule has 0 N–H and O–H groups in total. The van der Waals surface area contributed by atoms with Gasteiger partial charge in [0.25, 0.3) is 0 Å². The Hall–Kier alpha value is -1.24. The molecule has 1 atom stereocenters. The van der Waals surface area contributed by atoms with Crippen LogP contribution in [0, 0.1) is 0 Å². The zero-order chi connectivity index (χ0) is 22.3. The molecule has 0 amide bonds. The molecule has 0 aliphatic heterocycles. The molecule has 2 aromatic rings. The van der Waals surface area contributed by atoms with Crippen molar-refractivity contribution in [1.29, 1.82) is 0 Å². The number of hydrogen-bond acceptors (Lipinski definition) is 0. The summed E-state index contributed by atoms with van der Waals surface area (Å²) in [5.74, 6) is 0. The molecular weight excluding hydrogens is 468 g/mol. The van der Waals surface area contributed by atoms with Crippen molar-refractivity contribution >= 4 is 11.0 Å². The maximum atomic E-state index is 2.70. The predicted molar refractivity (Wildman–Crippen MR) is 135 cm³/mol. The van der Waals surface area contributed by atoms with E-state index in [-0.39, 0.29) is 5.43 Å². The molecule has 0 heterocycles. The van der Waals surface area contributed by atoms with Crippen molar-refractivity contribution in [1.82, 2.24) is 0 Å². The summed E-state index contributed by atoms with van der Waals surface area (Å²) in [5, 5.41) is 0. The fourth-order valence-electron chi connectivity index (χ4n) is 5.60. The van der Waals surface area contributed by atoms with Gasteiger partial charge >= 0.3 is 198 Å². The summed E-state index contributed by atoms with van der Waals surface area (Å²) in [4.78, 5) is 0. The van der Waals surface area contributed by atoms with Crippen LogP contribution in [0.25, 0.3) is 5.57 Å². The third-order valence-corrected chi connectivity index (χ3v) is 27.3. The van der Waals surface area contributed by atoms with Crippen LogP contribution in [0.5, 0.6) is 0 Å². The number of fused-ring (bicyclic) bond motifs is 1. The van der Waals surface area contributed by atoms with Crippen LogP contribution in [-0.2, 0) is 26.8 Å². The fraction of sp³-hybridized carbons (Fsp3) is 0.379. The third kappa shape index (κ3) is 4.11. The van der Waals surface area contributed by atoms with Crippen LogP contribution in [0.3, 0.4) is 0 Å². The molecule has 2 heteroatoms. The first-order valence-corrected chi connectivity index (χ1v) is 20.8. The zero-order valence-corrected chi connectivity index (χ0v) is 23.7. The molecule has 31 heavy (non-hydrogen) atoms. The average molecular weight is 504 g/mol. The van der Waals surface area contributed by atoms with E-state index in [0.29, 0.717) is 3.63 Å². The molecule has 2 aliphatic carbocycles. The van der Waals surface area contributed by atoms with Gasteiger partial charge in [-0.05, 0) is 0 Å². The summed E-state index contributed by atoms with van der Waals surface area (Å²) in [6.07, 6.45) is 5.08. The summed E-state index contributed by atoms with van der Waals surface area (Å²) in [6.45, 7) is 17.1. The molecule has 2 aromatic carbocycles. The van der Waals surface area contributed by atoms with Gasteiger partial charge in [0.1, 0.15) is 0 Å². The molecule has 0 spiro atoms. The first-order valence-electron chi connectivity index (χ1n) is 11.8. The van der Waals surface area contributed by atoms with Crippen LogP contribution in [-0.4, -0.2) is 5.43 Å². The van der Waals surface area contributed by atoms with Gasteiger partial charge in [-0.3, -0.25) is 0 Å². The van der Waals surface area contributed by atoms with E-state index in [4.69, 9.17) is 0 Å². The second-order valence-corrected chi connectivity index (χ2v) is 27.6. The van der Waals surface area contributed by atoms with Crippen molar-refractivity contribution in [2.24, 2.45) is 0 Å². The summed E-state index contributed by atoms with van der Waals surface area (Å²) in [6, 6.07) is 18.7. The quantitative estimate of drug-likeness (QED) is 0.359. The second-order valence-electron chi connectivity index (χ2n) is 9.60. The molecule has 160 valence electrons. The van der Waals surface area contributed by atoms with E-state index in [2.05, 4.69) is 102 Å². The molecule has 0 bridgehead atoms. The van der Waals surface area contributed by atoms with Gasteiger partial charge in [-0.2, -0.15) is 0 Å². The Bertz CT molecular complexity index is 1110. The van der Waals surface area contributed by atoms with Gasteiger partial charge in [0, 0.05) is 0 Å². The second kappa shape index (κ2) is 9.32. The first kappa shape index (κ1) is 22.9. The first-order chi connectivity index (χ1) is 14.8. The van der Waals surface area contributed by atoms with Crippen molar-refractivity contribution in [3.63, 3.8) is 0 Å². The van der Waals surface area contributed by atoms with Crippen LogP contribution >= 0.6 is 0 Å². The molecular formula is C29H36SiZr. The van der Waals surface area contributed by atoms with Crippen molar-refractivity contribution in [2.45, 2.75) is 67.8 Å². The molecule has 0 aromatic heterocycles. The van der Waals surface area contributed by atoms with Gasteiger partial charge in [-0.15, -0.1) is 0 Å². The molecule has 0 radical (unpaired) electrons. The summed E-state index contributed by atoms with van der Waals surface area (Å²) < 4.78 is 1.48. The Kier molecular flexibility index (Phi) is 6.90. The Morgan fingerprint density at radius 1 is 0.839 bits per heavy atom. The minimum absolute atomic E-state index is 0.327. The molecule has 0 saturated heterocycles. The summed E-state index contributed by atoms with van der Waals surface area (Å²) >= 11 is -1.86. The van der Waals surface area contributed by atoms with E-state index in [0.717, 1.165) is 3.63 Å². The van der Waals surface area contributed by atoms with Crippen LogP contribution in [0.4, 0.5) is 0 Å². The van der Waals surface area contributed by atoms with Gasteiger partial charge in [-0.1, -0.05) is 0 Å². The standard InChI is InChI=1S/C18H17.C9H13.C2H6Si.Zr/c1-2-5-14-8-10-16(11-9-14)18-13-12-15-6-3-4-7-17(15)18;1-6-5-7(2)9(4)8(6)3;1-3-2;/h3-4,6-13H,2,5H2,1H3;5H,1-4H3;1-2H3;. The van der Waals surface area contributed by atoms with E-state index in [1.54, 1.807) is 27.9 Å². The normalized spacial score (nSPS) is 18.5. The monoisotopic (exact) mass is 502 g/mol. The van der Waals surface area contributed by atoms with Gasteiger partial charge in [0.05, 0.1) is 0 Å². The number of hydrogen-bond donors (Lipinski definition) is 0. The molecule has 4 rings (SSSR count). The molecule has 1 unspecified atom stereocenters. The van der Waals surface area contributed by atoms with Crippen molar-refractivity contribution in [3.8, 4) is 0 Å². The molecule has 2 aliphatic rings. The Morgan fingerprint density at radius 2 is 1.45 bits per heavy atom. The van der Waals surface area contributed by atoms with E-state index in [9.17, 15) is 0 Å². The molecule has 0 fully saturated rings. The van der Waals surface area contributed by atoms with Crippen LogP contribution < -0.4 is 0 Å². The third-order valence-electron chi connectivity index (χ3n) is 7.56. The summed E-state index contributed by atoms with van der Waals surface area (Å²) in [7, 11) is 0. The van der Waals surface area contributed by atoms with E-state index in [1.165, 1.54) is 35.1 Å². The fourth-order valence-corrected chi connectivity index (χ4v) is 26.2. The van der Waals surface area contributed by atoms with Gasteiger partial charge in [0.2, 0.25) is 0 Å². The molecule has 0 nitrogen and oxygen atoms in total. The summed E-state index contributed by atoms with van der Waals surface area (Å²) in [5.41, 5.74) is 13.7. The predicted octanol–water partition coefficient (Wildman–Crippen LogP) is 8.47. The van der Waals surface area contributed by atoms with Crippen molar-refractivity contribution < 1.29 is 20.4 Å². The number of aryl methyl sites for hydroxylation is 1. The Labute approximate surface area is 197 Å². The number of rotatable bonds is 5. The van der Waals surface area contributed by atoms with Crippen LogP contribution in [0.15, 0.2) is 76.9 Å². The average Bonchev–Trinajstić information content (AvgIpc) is 3.22. The maximum absolute atomic E-state index is 2.70.